The van der Waals surface area contributed by atoms with E-state index in [9.17, 15) is 4.79 Å². The molecule has 1 unspecified atom stereocenters. The first-order valence-corrected chi connectivity index (χ1v) is 7.97. The van der Waals surface area contributed by atoms with Gasteiger partial charge in [0.05, 0.1) is 0 Å². The summed E-state index contributed by atoms with van der Waals surface area (Å²) in [6, 6.07) is 11.2. The van der Waals surface area contributed by atoms with Gasteiger partial charge in [-0.2, -0.15) is 0 Å². The van der Waals surface area contributed by atoms with Crippen LogP contribution in [-0.4, -0.2) is 20.7 Å². The summed E-state index contributed by atoms with van der Waals surface area (Å²) >= 11 is 12.0. The van der Waals surface area contributed by atoms with Crippen molar-refractivity contribution in [1.82, 2.24) is 9.38 Å². The average molecular weight is 348 g/mol. The lowest BCUT2D eigenvalue weighted by Gasteiger charge is -2.09. The maximum atomic E-state index is 12.1. The minimum Gasteiger partial charge on any atom is -0.309 e. The van der Waals surface area contributed by atoms with Crippen LogP contribution in [0.25, 0.3) is 16.9 Å². The summed E-state index contributed by atoms with van der Waals surface area (Å²) in [5.41, 5.74) is 3.28. The van der Waals surface area contributed by atoms with Gasteiger partial charge in [-0.05, 0) is 37.6 Å². The molecule has 0 saturated carbocycles. The Kier molecular flexibility index (Phi) is 4.28. The first-order valence-electron chi connectivity index (χ1n) is 7.15. The maximum absolute atomic E-state index is 12.1. The number of aryl methyl sites for hydroxylation is 1. The molecule has 1 atom stereocenters. The molecule has 2 heterocycles. The lowest BCUT2D eigenvalue weighted by atomic mass is 10.1. The Morgan fingerprint density at radius 3 is 2.78 bits per heavy atom. The number of rotatable bonds is 3. The van der Waals surface area contributed by atoms with Crippen molar-refractivity contribution in [1.29, 1.82) is 0 Å². The van der Waals surface area contributed by atoms with Crippen LogP contribution in [0.5, 0.6) is 0 Å². The molecule has 1 amide bonds. The van der Waals surface area contributed by atoms with E-state index in [1.54, 1.807) is 13.0 Å². The predicted octanol–water partition coefficient (Wildman–Crippen LogP) is 4.53. The molecule has 0 aliphatic rings. The predicted molar refractivity (Wildman–Crippen MR) is 94.3 cm³/mol. The highest BCUT2D eigenvalue weighted by atomic mass is 35.5. The van der Waals surface area contributed by atoms with Gasteiger partial charge >= 0.3 is 0 Å². The number of benzene rings is 1. The molecule has 0 radical (unpaired) electrons. The molecule has 3 aromatic rings. The fourth-order valence-electron chi connectivity index (χ4n) is 2.32. The highest BCUT2D eigenvalue weighted by molar-refractivity contribution is 6.32. The smallest absolute Gasteiger partial charge is 0.243 e. The lowest BCUT2D eigenvalue weighted by Crippen LogP contribution is -2.21. The Hall–Kier alpha value is -2.04. The quantitative estimate of drug-likeness (QED) is 0.707. The summed E-state index contributed by atoms with van der Waals surface area (Å²) in [6.07, 6.45) is 1.92. The SMILES string of the molecule is Cc1ccc2nc(-c3cccc(Cl)c3)c(NC(=O)C(C)Cl)n2c1. The van der Waals surface area contributed by atoms with Crippen molar-refractivity contribution >= 4 is 40.6 Å². The van der Waals surface area contributed by atoms with Crippen LogP contribution in [0, 0.1) is 6.92 Å². The van der Waals surface area contributed by atoms with Gasteiger partial charge in [-0.3, -0.25) is 9.20 Å². The molecule has 0 aliphatic carbocycles. The Morgan fingerprint density at radius 2 is 2.09 bits per heavy atom. The number of nitrogens with one attached hydrogen (secondary N) is 1. The van der Waals surface area contributed by atoms with Crippen molar-refractivity contribution in [2.75, 3.05) is 5.32 Å². The molecule has 4 nitrogen and oxygen atoms in total. The molecule has 6 heteroatoms. The third-order valence-electron chi connectivity index (χ3n) is 3.47. The number of pyridine rings is 1. The van der Waals surface area contributed by atoms with Crippen LogP contribution >= 0.6 is 23.2 Å². The molecule has 2 aromatic heterocycles. The van der Waals surface area contributed by atoms with Crippen LogP contribution in [0.4, 0.5) is 5.82 Å². The second kappa shape index (κ2) is 6.22. The molecule has 3 rings (SSSR count). The number of anilines is 1. The number of fused-ring (bicyclic) bond motifs is 1. The van der Waals surface area contributed by atoms with Crippen molar-refractivity contribution in [3.8, 4) is 11.3 Å². The summed E-state index contributed by atoms with van der Waals surface area (Å²) in [4.78, 5) is 16.7. The van der Waals surface area contributed by atoms with E-state index in [4.69, 9.17) is 23.2 Å². The van der Waals surface area contributed by atoms with Crippen molar-refractivity contribution in [2.24, 2.45) is 0 Å². The summed E-state index contributed by atoms with van der Waals surface area (Å²) < 4.78 is 1.85. The molecule has 23 heavy (non-hydrogen) atoms. The molecule has 118 valence electrons. The first-order chi connectivity index (χ1) is 11.0. The number of hydrogen-bond donors (Lipinski definition) is 1. The third kappa shape index (κ3) is 3.19. The second-order valence-corrected chi connectivity index (χ2v) is 6.45. The molecule has 0 bridgehead atoms. The summed E-state index contributed by atoms with van der Waals surface area (Å²) in [6.45, 7) is 3.61. The van der Waals surface area contributed by atoms with Gasteiger partial charge in [-0.1, -0.05) is 29.8 Å². The minimum atomic E-state index is -0.641. The Bertz CT molecular complexity index is 887. The zero-order valence-corrected chi connectivity index (χ0v) is 14.2. The normalized spacial score (nSPS) is 12.3. The topological polar surface area (TPSA) is 46.4 Å². The molecule has 0 aliphatic heterocycles. The zero-order chi connectivity index (χ0) is 16.6. The summed E-state index contributed by atoms with van der Waals surface area (Å²) in [5, 5.41) is 2.83. The Morgan fingerprint density at radius 1 is 1.30 bits per heavy atom. The van der Waals surface area contributed by atoms with Gasteiger partial charge in [0.15, 0.2) is 0 Å². The van der Waals surface area contributed by atoms with Gasteiger partial charge in [0.25, 0.3) is 0 Å². The van der Waals surface area contributed by atoms with Gasteiger partial charge in [0, 0.05) is 16.8 Å². The van der Waals surface area contributed by atoms with Crippen molar-refractivity contribution in [3.63, 3.8) is 0 Å². The monoisotopic (exact) mass is 347 g/mol. The van der Waals surface area contributed by atoms with Gasteiger partial charge in [0.1, 0.15) is 22.5 Å². The number of nitrogens with zero attached hydrogens (tertiary/aromatic N) is 2. The maximum Gasteiger partial charge on any atom is 0.243 e. The number of carbonyl (C=O) groups is 1. The van der Waals surface area contributed by atoms with Gasteiger partial charge < -0.3 is 5.32 Å². The van der Waals surface area contributed by atoms with Gasteiger partial charge in [0.2, 0.25) is 5.91 Å². The highest BCUT2D eigenvalue weighted by Gasteiger charge is 2.18. The van der Waals surface area contributed by atoms with E-state index in [0.717, 1.165) is 16.8 Å². The van der Waals surface area contributed by atoms with E-state index >= 15 is 0 Å². The van der Waals surface area contributed by atoms with Crippen molar-refractivity contribution < 1.29 is 4.79 Å². The third-order valence-corrected chi connectivity index (χ3v) is 3.90. The molecular weight excluding hydrogens is 333 g/mol. The van der Waals surface area contributed by atoms with Crippen LogP contribution < -0.4 is 5.32 Å². The van der Waals surface area contributed by atoms with Crippen LogP contribution in [0.3, 0.4) is 0 Å². The van der Waals surface area contributed by atoms with E-state index in [-0.39, 0.29) is 5.91 Å². The molecule has 0 spiro atoms. The first kappa shape index (κ1) is 15.8. The number of halogens is 2. The molecule has 0 fully saturated rings. The van der Waals surface area contributed by atoms with E-state index in [0.29, 0.717) is 16.5 Å². The molecular formula is C17H15Cl2N3O. The number of amides is 1. The van der Waals surface area contributed by atoms with E-state index in [1.165, 1.54) is 0 Å². The van der Waals surface area contributed by atoms with E-state index in [1.807, 2.05) is 47.9 Å². The largest absolute Gasteiger partial charge is 0.309 e. The highest BCUT2D eigenvalue weighted by Crippen LogP contribution is 2.30. The van der Waals surface area contributed by atoms with Crippen LogP contribution in [0.1, 0.15) is 12.5 Å². The number of hydrogen-bond acceptors (Lipinski definition) is 2. The lowest BCUT2D eigenvalue weighted by molar-refractivity contribution is -0.115. The molecule has 0 saturated heterocycles. The number of imidazole rings is 1. The number of aromatic nitrogens is 2. The summed E-state index contributed by atoms with van der Waals surface area (Å²) in [7, 11) is 0. The number of alkyl halides is 1. The summed E-state index contributed by atoms with van der Waals surface area (Å²) in [5.74, 6) is 0.307. The fourth-order valence-corrected chi connectivity index (χ4v) is 2.57. The Labute approximate surface area is 144 Å². The van der Waals surface area contributed by atoms with Crippen molar-refractivity contribution in [3.05, 3.63) is 53.2 Å². The Balaban J connectivity index is 2.21. The van der Waals surface area contributed by atoms with Gasteiger partial charge in [-0.25, -0.2) is 4.98 Å². The van der Waals surface area contributed by atoms with E-state index < -0.39 is 5.38 Å². The molecule has 1 N–H and O–H groups in total. The van der Waals surface area contributed by atoms with Crippen LogP contribution in [0.15, 0.2) is 42.6 Å². The van der Waals surface area contributed by atoms with E-state index in [2.05, 4.69) is 10.3 Å². The minimum absolute atomic E-state index is 0.279. The van der Waals surface area contributed by atoms with Crippen LogP contribution in [0.2, 0.25) is 5.02 Å². The van der Waals surface area contributed by atoms with Crippen molar-refractivity contribution in [2.45, 2.75) is 19.2 Å². The second-order valence-electron chi connectivity index (χ2n) is 5.36. The van der Waals surface area contributed by atoms with Crippen LogP contribution in [-0.2, 0) is 4.79 Å². The zero-order valence-electron chi connectivity index (χ0n) is 12.7. The van der Waals surface area contributed by atoms with Gasteiger partial charge in [-0.15, -0.1) is 11.6 Å². The fraction of sp³-hybridized carbons (Fsp3) is 0.176. The standard InChI is InChI=1S/C17H15Cl2N3O/c1-10-6-7-14-20-15(12-4-3-5-13(19)8-12)16(22(14)9-10)21-17(23)11(2)18/h3-9,11H,1-2H3,(H,21,23). The number of carbonyl (C=O) groups excluding carboxylic acids is 1. The average Bonchev–Trinajstić information content (AvgIpc) is 2.85. The molecule has 1 aromatic carbocycles.